The number of hydrogen-bond donors (Lipinski definition) is 1. The number of rotatable bonds is 3. The number of aliphatic imine (C=N–C) groups is 1. The van der Waals surface area contributed by atoms with Crippen molar-refractivity contribution < 1.29 is 0 Å². The van der Waals surface area contributed by atoms with Crippen LogP contribution in [0.5, 0.6) is 0 Å². The van der Waals surface area contributed by atoms with E-state index in [0.717, 1.165) is 38.6 Å². The molecule has 1 saturated heterocycles. The highest BCUT2D eigenvalue weighted by molar-refractivity contribution is 5.81. The van der Waals surface area contributed by atoms with E-state index in [0.29, 0.717) is 6.04 Å². The summed E-state index contributed by atoms with van der Waals surface area (Å²) in [4.78, 5) is 9.37. The maximum absolute atomic E-state index is 6.09. The standard InChI is InChI=1S/C16H24N4/c1-13(2)20-15(17)18-11-16(20)8-9-19(12-16)10-14-6-4-3-5-7-14/h3-7,13H,8-12H2,1-2H3,(H2,17,18). The molecular formula is C16H24N4. The molecule has 1 atom stereocenters. The van der Waals surface area contributed by atoms with E-state index in [1.54, 1.807) is 0 Å². The van der Waals surface area contributed by atoms with Gasteiger partial charge in [0.05, 0.1) is 12.1 Å². The molecule has 1 aromatic rings. The molecule has 0 bridgehead atoms. The Balaban J connectivity index is 1.70. The van der Waals surface area contributed by atoms with Crippen LogP contribution in [0.1, 0.15) is 25.8 Å². The molecule has 2 heterocycles. The van der Waals surface area contributed by atoms with E-state index in [1.807, 2.05) is 0 Å². The van der Waals surface area contributed by atoms with Crippen molar-refractivity contribution in [3.05, 3.63) is 35.9 Å². The fourth-order valence-corrected chi connectivity index (χ4v) is 3.68. The molecule has 0 saturated carbocycles. The monoisotopic (exact) mass is 272 g/mol. The maximum atomic E-state index is 6.09. The van der Waals surface area contributed by atoms with Crippen molar-refractivity contribution in [3.8, 4) is 0 Å². The average molecular weight is 272 g/mol. The minimum atomic E-state index is 0.132. The summed E-state index contributed by atoms with van der Waals surface area (Å²) < 4.78 is 0. The second kappa shape index (κ2) is 5.09. The van der Waals surface area contributed by atoms with Gasteiger partial charge in [-0.05, 0) is 25.8 Å². The zero-order valence-electron chi connectivity index (χ0n) is 12.4. The Morgan fingerprint density at radius 3 is 2.75 bits per heavy atom. The van der Waals surface area contributed by atoms with E-state index in [9.17, 15) is 0 Å². The van der Waals surface area contributed by atoms with Gasteiger partial charge in [-0.2, -0.15) is 0 Å². The molecule has 1 spiro atoms. The largest absolute Gasteiger partial charge is 0.370 e. The molecule has 4 heteroatoms. The van der Waals surface area contributed by atoms with Crippen molar-refractivity contribution in [3.63, 3.8) is 0 Å². The smallest absolute Gasteiger partial charge is 0.192 e. The lowest BCUT2D eigenvalue weighted by Gasteiger charge is -2.39. The first-order chi connectivity index (χ1) is 9.61. The van der Waals surface area contributed by atoms with Crippen LogP contribution in [0.2, 0.25) is 0 Å². The molecule has 2 aliphatic rings. The summed E-state index contributed by atoms with van der Waals surface area (Å²) in [5.41, 5.74) is 7.60. The maximum Gasteiger partial charge on any atom is 0.192 e. The van der Waals surface area contributed by atoms with Crippen LogP contribution in [0.3, 0.4) is 0 Å². The highest BCUT2D eigenvalue weighted by atomic mass is 15.4. The minimum absolute atomic E-state index is 0.132. The zero-order valence-corrected chi connectivity index (χ0v) is 12.4. The lowest BCUT2D eigenvalue weighted by molar-refractivity contribution is 0.163. The summed E-state index contributed by atoms with van der Waals surface area (Å²) in [6, 6.07) is 11.1. The van der Waals surface area contributed by atoms with Gasteiger partial charge >= 0.3 is 0 Å². The summed E-state index contributed by atoms with van der Waals surface area (Å²) >= 11 is 0. The highest BCUT2D eigenvalue weighted by Gasteiger charge is 2.47. The summed E-state index contributed by atoms with van der Waals surface area (Å²) in [6.45, 7) is 8.46. The molecule has 3 rings (SSSR count). The predicted molar refractivity (Wildman–Crippen MR) is 82.5 cm³/mol. The molecule has 4 nitrogen and oxygen atoms in total. The van der Waals surface area contributed by atoms with Crippen LogP contribution in [0, 0.1) is 0 Å². The van der Waals surface area contributed by atoms with Crippen molar-refractivity contribution in [2.24, 2.45) is 10.7 Å². The van der Waals surface area contributed by atoms with Crippen molar-refractivity contribution in [2.45, 2.75) is 38.4 Å². The molecule has 1 unspecified atom stereocenters. The number of benzene rings is 1. The van der Waals surface area contributed by atoms with Crippen molar-refractivity contribution in [1.82, 2.24) is 9.80 Å². The van der Waals surface area contributed by atoms with Crippen LogP contribution >= 0.6 is 0 Å². The van der Waals surface area contributed by atoms with Gasteiger partial charge in [-0.1, -0.05) is 30.3 Å². The molecule has 0 aliphatic carbocycles. The van der Waals surface area contributed by atoms with E-state index < -0.39 is 0 Å². The number of guanidine groups is 1. The molecule has 20 heavy (non-hydrogen) atoms. The number of hydrogen-bond acceptors (Lipinski definition) is 4. The van der Waals surface area contributed by atoms with Crippen LogP contribution in [0.25, 0.3) is 0 Å². The third kappa shape index (κ3) is 2.29. The van der Waals surface area contributed by atoms with Crippen molar-refractivity contribution in [1.29, 1.82) is 0 Å². The summed E-state index contributed by atoms with van der Waals surface area (Å²) in [5.74, 6) is 0.724. The highest BCUT2D eigenvalue weighted by Crippen LogP contribution is 2.34. The van der Waals surface area contributed by atoms with Crippen LogP contribution < -0.4 is 5.73 Å². The Hall–Kier alpha value is -1.55. The van der Waals surface area contributed by atoms with Gasteiger partial charge in [0.1, 0.15) is 0 Å². The SMILES string of the molecule is CC(C)N1C(N)=NCC12CCN(Cc1ccccc1)C2. The summed E-state index contributed by atoms with van der Waals surface area (Å²) in [5, 5.41) is 0. The van der Waals surface area contributed by atoms with Crippen LogP contribution in [-0.4, -0.2) is 47.0 Å². The quantitative estimate of drug-likeness (QED) is 0.910. The number of nitrogens with zero attached hydrogens (tertiary/aromatic N) is 3. The van der Waals surface area contributed by atoms with Crippen LogP contribution in [-0.2, 0) is 6.54 Å². The van der Waals surface area contributed by atoms with E-state index in [4.69, 9.17) is 5.73 Å². The van der Waals surface area contributed by atoms with Crippen LogP contribution in [0.4, 0.5) is 0 Å². The third-order valence-electron chi connectivity index (χ3n) is 4.47. The molecule has 1 aromatic carbocycles. The fraction of sp³-hybridized carbons (Fsp3) is 0.562. The topological polar surface area (TPSA) is 44.9 Å². The predicted octanol–water partition coefficient (Wildman–Crippen LogP) is 1.67. The molecule has 2 aliphatic heterocycles. The first kappa shape index (κ1) is 13.4. The number of likely N-dealkylation sites (tertiary alicyclic amines) is 1. The van der Waals surface area contributed by atoms with Gasteiger partial charge in [0.15, 0.2) is 5.96 Å². The van der Waals surface area contributed by atoms with Gasteiger partial charge in [-0.25, -0.2) is 0 Å². The lowest BCUT2D eigenvalue weighted by atomic mass is 9.96. The second-order valence-electron chi connectivity index (χ2n) is 6.31. The second-order valence-corrected chi connectivity index (χ2v) is 6.31. The van der Waals surface area contributed by atoms with Gasteiger partial charge in [0.25, 0.3) is 0 Å². The van der Waals surface area contributed by atoms with Crippen LogP contribution in [0.15, 0.2) is 35.3 Å². The summed E-state index contributed by atoms with van der Waals surface area (Å²) in [6.07, 6.45) is 1.15. The van der Waals surface area contributed by atoms with Gasteiger partial charge in [-0.15, -0.1) is 0 Å². The van der Waals surface area contributed by atoms with E-state index >= 15 is 0 Å². The Morgan fingerprint density at radius 2 is 2.05 bits per heavy atom. The fourth-order valence-electron chi connectivity index (χ4n) is 3.68. The normalized spacial score (nSPS) is 26.8. The summed E-state index contributed by atoms with van der Waals surface area (Å²) in [7, 11) is 0. The van der Waals surface area contributed by atoms with Gasteiger partial charge < -0.3 is 10.6 Å². The molecule has 0 amide bonds. The van der Waals surface area contributed by atoms with Gasteiger partial charge in [-0.3, -0.25) is 9.89 Å². The zero-order chi connectivity index (χ0) is 14.2. The van der Waals surface area contributed by atoms with Gasteiger partial charge in [0, 0.05) is 25.7 Å². The Bertz CT molecular complexity index is 496. The van der Waals surface area contributed by atoms with E-state index in [2.05, 4.69) is 59.0 Å². The van der Waals surface area contributed by atoms with E-state index in [-0.39, 0.29) is 5.54 Å². The molecule has 1 fully saturated rings. The Kier molecular flexibility index (Phi) is 3.42. The van der Waals surface area contributed by atoms with Crippen molar-refractivity contribution >= 4 is 5.96 Å². The molecule has 0 radical (unpaired) electrons. The lowest BCUT2D eigenvalue weighted by Crippen LogP contribution is -2.56. The first-order valence-electron chi connectivity index (χ1n) is 7.46. The molecule has 0 aromatic heterocycles. The number of nitrogens with two attached hydrogens (primary N) is 1. The molecular weight excluding hydrogens is 248 g/mol. The third-order valence-corrected chi connectivity index (χ3v) is 4.47. The molecule has 2 N–H and O–H groups in total. The Morgan fingerprint density at radius 1 is 1.30 bits per heavy atom. The molecule has 108 valence electrons. The van der Waals surface area contributed by atoms with Gasteiger partial charge in [0.2, 0.25) is 0 Å². The van der Waals surface area contributed by atoms with Crippen molar-refractivity contribution in [2.75, 3.05) is 19.6 Å². The van der Waals surface area contributed by atoms with E-state index in [1.165, 1.54) is 5.56 Å². The Labute approximate surface area is 121 Å². The first-order valence-corrected chi connectivity index (χ1v) is 7.46. The minimum Gasteiger partial charge on any atom is -0.370 e. The average Bonchev–Trinajstić information content (AvgIpc) is 2.96.